The number of hydrogen-bond acceptors (Lipinski definition) is 23. The summed E-state index contributed by atoms with van der Waals surface area (Å²) in [4.78, 5) is 74.1. The van der Waals surface area contributed by atoms with Crippen molar-refractivity contribution in [1.82, 2.24) is 10.6 Å². The SMILES string of the molecule is CCC1O[C@@H](OC2[C@H](O[C@H]3CCC4(C)C5CC=C6C7CC(C)(C)CC[C@]7(C(=O)N[C@H]7OC(COCc8ccccc8)[C@H](NC(=O)CCCCCCCCCCC(=O)OCc8ccccc8)C(C)C7O[C@@H]7OC(C)[C@H](O[C@@H]8OC[C@@H](OCc9ccccc9)C(OCc9ccccc9)C8C)C8OC(C)(C)OC87)C(OC)C[C@@]6(C)[C@@]5(C)CC[C@H]4[C@@]3(C)C=O)OC(C(C)=O)[C@@H](C)[C@@H]2O[C@@H]2OC[C@@H](C)[C@H](C)C2C)C(C)[C@@H](C)[C@H]1C. The molecule has 4 aromatic carbocycles. The highest BCUT2D eigenvalue weighted by atomic mass is 16.8. The first-order valence-electron chi connectivity index (χ1n) is 55.3. The van der Waals surface area contributed by atoms with Gasteiger partial charge in [-0.15, -0.1) is 0 Å². The molecule has 0 radical (unpaired) electrons. The number of nitrogens with one attached hydrogen (secondary N) is 2. The molecule has 25 nitrogen and oxygen atoms in total. The van der Waals surface area contributed by atoms with Gasteiger partial charge in [0.25, 0.3) is 0 Å². The van der Waals surface area contributed by atoms with Crippen LogP contribution in [0.1, 0.15) is 289 Å². The summed E-state index contributed by atoms with van der Waals surface area (Å²) in [6.07, 6.45) is 3.67. The minimum atomic E-state index is -1.16. The zero-order chi connectivity index (χ0) is 103. The van der Waals surface area contributed by atoms with E-state index in [-0.39, 0.29) is 120 Å². The van der Waals surface area contributed by atoms with Crippen molar-refractivity contribution in [2.24, 2.45) is 104 Å². The average Bonchev–Trinajstić information content (AvgIpc) is 1.66. The summed E-state index contributed by atoms with van der Waals surface area (Å²) in [6, 6.07) is 39.3. The maximum absolute atomic E-state index is 17.5. The van der Waals surface area contributed by atoms with Crippen molar-refractivity contribution in [3.63, 3.8) is 0 Å². The van der Waals surface area contributed by atoms with Gasteiger partial charge >= 0.3 is 5.97 Å². The van der Waals surface area contributed by atoms with Crippen LogP contribution < -0.4 is 10.6 Å². The Morgan fingerprint density at radius 3 is 1.71 bits per heavy atom. The smallest absolute Gasteiger partial charge is 0.306 e. The number of fused-ring (bicyclic) bond motifs is 8. The highest BCUT2D eigenvalue weighted by Gasteiger charge is 2.73. The van der Waals surface area contributed by atoms with Gasteiger partial charge in [-0.05, 0) is 190 Å². The van der Waals surface area contributed by atoms with Gasteiger partial charge in [-0.25, -0.2) is 0 Å². The highest BCUT2D eigenvalue weighted by molar-refractivity contribution is 5.85. The zero-order valence-corrected chi connectivity index (χ0v) is 90.2. The van der Waals surface area contributed by atoms with Crippen molar-refractivity contribution in [2.75, 3.05) is 26.9 Å². The molecule has 2 N–H and O–H groups in total. The average molecular weight is 2000 g/mol. The number of unbranched alkanes of at least 4 members (excludes halogenated alkanes) is 7. The number of benzene rings is 4. The number of allylic oxidation sites excluding steroid dienone is 2. The van der Waals surface area contributed by atoms with E-state index in [2.05, 4.69) is 133 Å². The summed E-state index contributed by atoms with van der Waals surface area (Å²) in [5, 5.41) is 7.20. The number of esters is 1. The molecule has 0 bridgehead atoms. The molecule has 11 fully saturated rings. The van der Waals surface area contributed by atoms with Gasteiger partial charge in [0.05, 0.1) is 93.1 Å². The first-order valence-corrected chi connectivity index (χ1v) is 55.3. The molecule has 7 aliphatic heterocycles. The Morgan fingerprint density at radius 1 is 0.486 bits per heavy atom. The molecule has 38 atom stereocenters. The molecule has 25 heteroatoms. The lowest BCUT2D eigenvalue weighted by Gasteiger charge is -2.72. The van der Waals surface area contributed by atoms with Gasteiger partial charge in [0.2, 0.25) is 11.8 Å². The molecule has 0 aromatic heterocycles. The van der Waals surface area contributed by atoms with E-state index in [1.807, 2.05) is 137 Å². The Labute approximate surface area is 858 Å². The normalized spacial score (nSPS) is 41.2. The van der Waals surface area contributed by atoms with E-state index < -0.39 is 157 Å². The van der Waals surface area contributed by atoms with E-state index in [1.165, 1.54) is 11.9 Å². The number of carbonyl (C=O) groups excluding carboxylic acids is 5. The van der Waals surface area contributed by atoms with Crippen molar-refractivity contribution >= 4 is 29.9 Å². The number of ketones is 1. The van der Waals surface area contributed by atoms with Gasteiger partial charge in [0.1, 0.15) is 61.7 Å². The van der Waals surface area contributed by atoms with Crippen LogP contribution in [0.4, 0.5) is 0 Å². The van der Waals surface area contributed by atoms with Crippen LogP contribution >= 0.6 is 0 Å². The van der Waals surface area contributed by atoms with Crippen LogP contribution in [-0.2, 0) is 136 Å². The van der Waals surface area contributed by atoms with E-state index >= 15 is 4.79 Å². The Kier molecular flexibility index (Phi) is 36.2. The molecular formula is C119H174N2O23. The van der Waals surface area contributed by atoms with Gasteiger partial charge in [0, 0.05) is 49.5 Å². The molecule has 0 spiro atoms. The lowest BCUT2D eigenvalue weighted by molar-refractivity contribution is -0.374. The third-order valence-corrected chi connectivity index (χ3v) is 37.8. The Bertz CT molecular complexity index is 4860. The van der Waals surface area contributed by atoms with Gasteiger partial charge in [0.15, 0.2) is 49.2 Å². The van der Waals surface area contributed by atoms with Crippen LogP contribution in [-0.4, -0.2) is 192 Å². The molecular weight excluding hydrogens is 1830 g/mol. The fourth-order valence-electron chi connectivity index (χ4n) is 28.3. The van der Waals surface area contributed by atoms with Crippen LogP contribution in [0.15, 0.2) is 133 Å². The minimum Gasteiger partial charge on any atom is -0.461 e. The van der Waals surface area contributed by atoms with Crippen molar-refractivity contribution in [3.8, 4) is 0 Å². The van der Waals surface area contributed by atoms with Gasteiger partial charge in [-0.2, -0.15) is 0 Å². The summed E-state index contributed by atoms with van der Waals surface area (Å²) in [5.74, 6) is -2.27. The van der Waals surface area contributed by atoms with Crippen molar-refractivity contribution in [3.05, 3.63) is 155 Å². The molecule has 7 saturated heterocycles. The number of ether oxygens (including phenoxy) is 18. The third-order valence-electron chi connectivity index (χ3n) is 37.8. The number of hydrogen-bond donors (Lipinski definition) is 2. The summed E-state index contributed by atoms with van der Waals surface area (Å²) >= 11 is 0. The fraction of sp³-hybridized carbons (Fsp3) is 0.739. The van der Waals surface area contributed by atoms with Crippen molar-refractivity contribution < 1.29 is 109 Å². The lowest BCUT2D eigenvalue weighted by atomic mass is 9.33. The molecule has 7 heterocycles. The number of amides is 2. The van der Waals surface area contributed by atoms with Crippen LogP contribution in [0, 0.1) is 104 Å². The van der Waals surface area contributed by atoms with E-state index in [0.29, 0.717) is 76.1 Å². The molecule has 16 rings (SSSR count). The van der Waals surface area contributed by atoms with Gasteiger partial charge in [-0.3, -0.25) is 19.2 Å². The minimum absolute atomic E-state index is 0.00273. The second-order valence-electron chi connectivity index (χ2n) is 48.0. The Balaban J connectivity index is 0.676. The second-order valence-corrected chi connectivity index (χ2v) is 48.0. The fourth-order valence-corrected chi connectivity index (χ4v) is 28.3. The topological polar surface area (TPSA) is 276 Å². The van der Waals surface area contributed by atoms with Crippen molar-refractivity contribution in [2.45, 2.75) is 428 Å². The van der Waals surface area contributed by atoms with Crippen molar-refractivity contribution in [1.29, 1.82) is 0 Å². The standard InChI is InChI=1S/C119H174N2O23/c1-22-88-74(5)73(4)76(7)109(136-88)142-104-100(139-107-75(6)72(3)71(2)63-132-107)78(9)98(80(11)123)138-110(104)137-93-56-57-115(17)91(116(93,18)70-122)55-58-117(19)92(115)54-53-86-87-61-113(13,14)59-60-119(87,94(127-21)62-118(86,117)20)112(126)121-106-101(77(8)97(89(135-106)68-128-64-82-43-33-29-34-44-82)120-95(124)51-41-27-25-23-24-26-28-42-52-96(125)130-66-84-47-37-31-38-48-84)140-111-105-103(143-114(15,16)144-105)102(81(12)134-111)141-108-79(10)99(131-67-85-49-39-32-40-50-85)90(69-133-108)129-65-83-45-35-30-36-46-83/h29-40,43-50,53,70-79,81,87-94,97-111H,22-28,41-42,51-52,54-69H2,1-21H3,(H,120,124)(H,121,126)/t71-,72+,73+,74-,75?,76?,77?,78-,79?,81?,87?,88?,89?,90-,91-,92?,93+,94?,97-,98?,99?,100+,101?,102+,103?,104?,105?,106+,107+,108+,109+,110-,111+,115?,116-,117+,118-,119-/m1/s1. The molecule has 12 aliphatic rings. The maximum Gasteiger partial charge on any atom is 0.306 e. The largest absolute Gasteiger partial charge is 0.461 e. The molecule has 4 saturated carbocycles. The Hall–Kier alpha value is -6.31. The zero-order valence-electron chi connectivity index (χ0n) is 90.2. The van der Waals surface area contributed by atoms with Crippen LogP contribution in [0.25, 0.3) is 0 Å². The summed E-state index contributed by atoms with van der Waals surface area (Å²) < 4.78 is 126. The summed E-state index contributed by atoms with van der Waals surface area (Å²) in [5.41, 5.74) is 1.74. The summed E-state index contributed by atoms with van der Waals surface area (Å²) in [7, 11) is 1.79. The molecule has 17 unspecified atom stereocenters. The molecule has 798 valence electrons. The van der Waals surface area contributed by atoms with E-state index in [0.717, 1.165) is 106 Å². The van der Waals surface area contributed by atoms with E-state index in [1.54, 1.807) is 14.0 Å². The van der Waals surface area contributed by atoms with Crippen LogP contribution in [0.2, 0.25) is 0 Å². The van der Waals surface area contributed by atoms with E-state index in [4.69, 9.17) is 85.3 Å². The number of rotatable bonds is 40. The van der Waals surface area contributed by atoms with Gasteiger partial charge in [-0.1, -0.05) is 282 Å². The second kappa shape index (κ2) is 47.3. The number of aldehydes is 1. The highest BCUT2D eigenvalue weighted by Crippen LogP contribution is 2.76. The number of carbonyl (C=O) groups is 5. The summed E-state index contributed by atoms with van der Waals surface area (Å²) in [6.45, 7) is 45.3. The quantitative estimate of drug-likeness (QED) is 0.0138. The third kappa shape index (κ3) is 23.5. The first-order chi connectivity index (χ1) is 68.9. The predicted molar refractivity (Wildman–Crippen MR) is 546 cm³/mol. The monoisotopic (exact) mass is 2000 g/mol. The van der Waals surface area contributed by atoms with Crippen LogP contribution in [0.3, 0.4) is 0 Å². The predicted octanol–water partition coefficient (Wildman–Crippen LogP) is 21.0. The molecule has 5 aliphatic carbocycles. The van der Waals surface area contributed by atoms with Crippen LogP contribution in [0.5, 0.6) is 0 Å². The van der Waals surface area contributed by atoms with E-state index in [9.17, 15) is 19.2 Å². The molecule has 144 heavy (non-hydrogen) atoms. The maximum atomic E-state index is 17.5. The number of Topliss-reactive ketones (excluding diaryl/α,β-unsaturated/α-hetero) is 1. The van der Waals surface area contributed by atoms with Gasteiger partial charge < -0.3 is 101 Å². The lowest BCUT2D eigenvalue weighted by Crippen LogP contribution is -2.71. The first kappa shape index (κ1) is 110. The Morgan fingerprint density at radius 2 is 1.07 bits per heavy atom. The molecule has 4 aromatic rings. The number of methoxy groups -OCH3 is 1. The molecule has 2 amide bonds.